The number of aliphatic hydroxyl groups excluding tert-OH is 1. The van der Waals surface area contributed by atoms with Crippen LogP contribution in [0.25, 0.3) is 0 Å². The zero-order valence-corrected chi connectivity index (χ0v) is 12.8. The van der Waals surface area contributed by atoms with E-state index in [0.29, 0.717) is 15.6 Å². The fourth-order valence-electron chi connectivity index (χ4n) is 1.80. The largest absolute Gasteiger partial charge is 0.388 e. The standard InChI is InChI=1S/C14H10BrCl2FO/c15-13-9(4-2-6-11(13)18)12(19)7-8-3-1-5-10(16)14(8)17/h1-6,12,19H,7H2. The molecule has 5 heteroatoms. The Bertz CT molecular complexity index is 604. The van der Waals surface area contributed by atoms with Gasteiger partial charge in [0.15, 0.2) is 0 Å². The maximum Gasteiger partial charge on any atom is 0.137 e. The van der Waals surface area contributed by atoms with E-state index < -0.39 is 11.9 Å². The van der Waals surface area contributed by atoms with Gasteiger partial charge in [-0.2, -0.15) is 0 Å². The van der Waals surface area contributed by atoms with Crippen molar-refractivity contribution in [1.82, 2.24) is 0 Å². The van der Waals surface area contributed by atoms with Gasteiger partial charge in [0.2, 0.25) is 0 Å². The predicted octanol–water partition coefficient (Wildman–Crippen LogP) is 5.17. The van der Waals surface area contributed by atoms with Crippen LogP contribution in [0, 0.1) is 5.82 Å². The first kappa shape index (κ1) is 14.8. The lowest BCUT2D eigenvalue weighted by Gasteiger charge is -2.14. The SMILES string of the molecule is OC(Cc1cccc(Cl)c1Cl)c1cccc(F)c1Br. The van der Waals surface area contributed by atoms with E-state index in [0.717, 1.165) is 5.56 Å². The third kappa shape index (κ3) is 3.29. The molecule has 100 valence electrons. The number of rotatable bonds is 3. The lowest BCUT2D eigenvalue weighted by atomic mass is 10.0. The highest BCUT2D eigenvalue weighted by atomic mass is 79.9. The molecule has 2 aromatic rings. The van der Waals surface area contributed by atoms with Crippen LogP contribution in [0.3, 0.4) is 0 Å². The van der Waals surface area contributed by atoms with E-state index in [1.54, 1.807) is 30.3 Å². The normalized spacial score (nSPS) is 12.5. The van der Waals surface area contributed by atoms with Gasteiger partial charge < -0.3 is 5.11 Å². The summed E-state index contributed by atoms with van der Waals surface area (Å²) in [6.07, 6.45) is -0.595. The second kappa shape index (κ2) is 6.23. The highest BCUT2D eigenvalue weighted by molar-refractivity contribution is 9.10. The molecule has 1 unspecified atom stereocenters. The van der Waals surface area contributed by atoms with Crippen molar-refractivity contribution in [2.45, 2.75) is 12.5 Å². The van der Waals surface area contributed by atoms with Gasteiger partial charge in [-0.05, 0) is 39.2 Å². The zero-order valence-electron chi connectivity index (χ0n) is 9.71. The van der Waals surface area contributed by atoms with Crippen molar-refractivity contribution >= 4 is 39.1 Å². The van der Waals surface area contributed by atoms with Gasteiger partial charge in [0, 0.05) is 6.42 Å². The molecule has 0 spiro atoms. The molecule has 0 aromatic heterocycles. The molecule has 1 atom stereocenters. The Hall–Kier alpha value is -0.610. The van der Waals surface area contributed by atoms with Crippen molar-refractivity contribution in [2.24, 2.45) is 0 Å². The van der Waals surface area contributed by atoms with Gasteiger partial charge in [-0.25, -0.2) is 4.39 Å². The Labute approximate surface area is 129 Å². The molecule has 19 heavy (non-hydrogen) atoms. The minimum absolute atomic E-state index is 0.264. The Kier molecular flexibility index (Phi) is 4.85. The average molecular weight is 364 g/mol. The van der Waals surface area contributed by atoms with Gasteiger partial charge in [0.05, 0.1) is 20.6 Å². The summed E-state index contributed by atoms with van der Waals surface area (Å²) in [6, 6.07) is 9.76. The lowest BCUT2D eigenvalue weighted by molar-refractivity contribution is 0.177. The molecule has 0 amide bonds. The molecule has 1 nitrogen and oxygen atoms in total. The molecule has 0 aliphatic rings. The zero-order chi connectivity index (χ0) is 14.0. The smallest absolute Gasteiger partial charge is 0.137 e. The van der Waals surface area contributed by atoms with E-state index in [1.165, 1.54) is 6.07 Å². The summed E-state index contributed by atoms with van der Waals surface area (Å²) in [5, 5.41) is 11.0. The molecular weight excluding hydrogens is 354 g/mol. The summed E-state index contributed by atoms with van der Waals surface area (Å²) in [5.74, 6) is -0.409. The molecule has 0 saturated heterocycles. The van der Waals surface area contributed by atoms with Gasteiger partial charge in [-0.1, -0.05) is 47.5 Å². The number of aliphatic hydroxyl groups is 1. The van der Waals surface area contributed by atoms with Crippen LogP contribution in [-0.4, -0.2) is 5.11 Å². The third-order valence-electron chi connectivity index (χ3n) is 2.79. The van der Waals surface area contributed by atoms with Crippen LogP contribution < -0.4 is 0 Å². The highest BCUT2D eigenvalue weighted by Crippen LogP contribution is 2.32. The molecule has 0 bridgehead atoms. The summed E-state index contributed by atoms with van der Waals surface area (Å²) >= 11 is 15.1. The van der Waals surface area contributed by atoms with Gasteiger partial charge >= 0.3 is 0 Å². The van der Waals surface area contributed by atoms with Gasteiger partial charge in [0.1, 0.15) is 5.82 Å². The number of benzene rings is 2. The Balaban J connectivity index is 2.28. The maximum absolute atomic E-state index is 13.4. The first-order chi connectivity index (χ1) is 9.00. The van der Waals surface area contributed by atoms with Crippen LogP contribution >= 0.6 is 39.1 Å². The molecule has 0 fully saturated rings. The Morgan fingerprint density at radius 1 is 1.16 bits per heavy atom. The minimum Gasteiger partial charge on any atom is -0.388 e. The lowest BCUT2D eigenvalue weighted by Crippen LogP contribution is -2.04. The number of hydrogen-bond acceptors (Lipinski definition) is 1. The molecular formula is C14H10BrCl2FO. The minimum atomic E-state index is -0.860. The van der Waals surface area contributed by atoms with Crippen molar-refractivity contribution < 1.29 is 9.50 Å². The first-order valence-corrected chi connectivity index (χ1v) is 7.10. The van der Waals surface area contributed by atoms with Crippen molar-refractivity contribution in [2.75, 3.05) is 0 Å². The van der Waals surface area contributed by atoms with E-state index in [4.69, 9.17) is 23.2 Å². The Morgan fingerprint density at radius 2 is 1.84 bits per heavy atom. The van der Waals surface area contributed by atoms with E-state index >= 15 is 0 Å². The average Bonchev–Trinajstić information content (AvgIpc) is 2.38. The van der Waals surface area contributed by atoms with Crippen LogP contribution in [0.1, 0.15) is 17.2 Å². The van der Waals surface area contributed by atoms with Crippen LogP contribution in [0.5, 0.6) is 0 Å². The molecule has 0 heterocycles. The van der Waals surface area contributed by atoms with Gasteiger partial charge in [-0.3, -0.25) is 0 Å². The predicted molar refractivity (Wildman–Crippen MR) is 79.2 cm³/mol. The monoisotopic (exact) mass is 362 g/mol. The second-order valence-corrected chi connectivity index (χ2v) is 5.65. The van der Waals surface area contributed by atoms with E-state index in [1.807, 2.05) is 0 Å². The maximum atomic E-state index is 13.4. The molecule has 0 saturated carbocycles. The summed E-state index contributed by atoms with van der Waals surface area (Å²) in [5.41, 5.74) is 1.20. The van der Waals surface area contributed by atoms with E-state index in [2.05, 4.69) is 15.9 Å². The number of hydrogen-bond donors (Lipinski definition) is 1. The van der Waals surface area contributed by atoms with Crippen LogP contribution in [0.2, 0.25) is 10.0 Å². The highest BCUT2D eigenvalue weighted by Gasteiger charge is 2.16. The van der Waals surface area contributed by atoms with Gasteiger partial charge in [0.25, 0.3) is 0 Å². The number of halogens is 4. The van der Waals surface area contributed by atoms with Crippen molar-refractivity contribution in [3.8, 4) is 0 Å². The fraction of sp³-hybridized carbons (Fsp3) is 0.143. The molecule has 2 rings (SSSR count). The summed E-state index contributed by atoms with van der Waals surface area (Å²) in [6.45, 7) is 0. The van der Waals surface area contributed by atoms with Crippen LogP contribution in [0.4, 0.5) is 4.39 Å². The van der Waals surface area contributed by atoms with Crippen molar-refractivity contribution in [3.05, 3.63) is 67.9 Å². The summed E-state index contributed by atoms with van der Waals surface area (Å²) < 4.78 is 13.7. The molecule has 0 radical (unpaired) electrons. The van der Waals surface area contributed by atoms with E-state index in [-0.39, 0.29) is 10.9 Å². The first-order valence-electron chi connectivity index (χ1n) is 5.55. The topological polar surface area (TPSA) is 20.2 Å². The van der Waals surface area contributed by atoms with Gasteiger partial charge in [-0.15, -0.1) is 0 Å². The summed E-state index contributed by atoms with van der Waals surface area (Å²) in [7, 11) is 0. The van der Waals surface area contributed by atoms with Crippen LogP contribution in [0.15, 0.2) is 40.9 Å². The summed E-state index contributed by atoms with van der Waals surface area (Å²) in [4.78, 5) is 0. The molecule has 2 aromatic carbocycles. The molecule has 1 N–H and O–H groups in total. The second-order valence-electron chi connectivity index (χ2n) is 4.08. The fourth-order valence-corrected chi connectivity index (χ4v) is 2.73. The molecule has 0 aliphatic carbocycles. The Morgan fingerprint density at radius 3 is 2.58 bits per heavy atom. The van der Waals surface area contributed by atoms with Crippen LogP contribution in [-0.2, 0) is 6.42 Å². The molecule has 0 aliphatic heterocycles. The third-order valence-corrected chi connectivity index (χ3v) is 4.48. The quantitative estimate of drug-likeness (QED) is 0.797. The van der Waals surface area contributed by atoms with Crippen molar-refractivity contribution in [1.29, 1.82) is 0 Å². The van der Waals surface area contributed by atoms with E-state index in [9.17, 15) is 9.50 Å². The van der Waals surface area contributed by atoms with Crippen molar-refractivity contribution in [3.63, 3.8) is 0 Å².